The van der Waals surface area contributed by atoms with Gasteiger partial charge in [0.15, 0.2) is 0 Å². The molecule has 0 amide bonds. The summed E-state index contributed by atoms with van der Waals surface area (Å²) in [5.41, 5.74) is 0. The van der Waals surface area contributed by atoms with Crippen LogP contribution in [0.25, 0.3) is 0 Å². The maximum Gasteiger partial charge on any atom is 0.508 e. The SMILES string of the molecule is CCC(CC)OC(=O)O.CCCOC(=O)OCC. The van der Waals surface area contributed by atoms with Crippen LogP contribution in [0.3, 0.4) is 0 Å². The molecule has 0 spiro atoms. The highest BCUT2D eigenvalue weighted by Gasteiger charge is 2.06. The lowest BCUT2D eigenvalue weighted by Gasteiger charge is -2.09. The lowest BCUT2D eigenvalue weighted by Crippen LogP contribution is -2.14. The van der Waals surface area contributed by atoms with Crippen LogP contribution in [0.4, 0.5) is 9.59 Å². The first-order chi connectivity index (χ1) is 8.51. The summed E-state index contributed by atoms with van der Waals surface area (Å²) in [5.74, 6) is 0. The van der Waals surface area contributed by atoms with Crippen LogP contribution in [0.5, 0.6) is 0 Å². The van der Waals surface area contributed by atoms with Crippen LogP contribution in [0.1, 0.15) is 47.0 Å². The quantitative estimate of drug-likeness (QED) is 0.740. The molecule has 1 N–H and O–H groups in total. The number of ether oxygens (including phenoxy) is 3. The average molecular weight is 264 g/mol. The van der Waals surface area contributed by atoms with E-state index in [-0.39, 0.29) is 6.10 Å². The maximum atomic E-state index is 10.4. The normalized spacial score (nSPS) is 9.17. The molecular formula is C12H24O6. The molecule has 0 bridgehead atoms. The molecule has 0 aliphatic carbocycles. The molecule has 0 saturated heterocycles. The van der Waals surface area contributed by atoms with Crippen LogP contribution in [-0.2, 0) is 14.2 Å². The zero-order chi connectivity index (χ0) is 14.4. The van der Waals surface area contributed by atoms with Crippen molar-refractivity contribution in [3.05, 3.63) is 0 Å². The van der Waals surface area contributed by atoms with Crippen LogP contribution >= 0.6 is 0 Å². The molecule has 0 aliphatic rings. The maximum absolute atomic E-state index is 10.4. The summed E-state index contributed by atoms with van der Waals surface area (Å²) in [4.78, 5) is 20.3. The molecule has 0 radical (unpaired) electrons. The van der Waals surface area contributed by atoms with Gasteiger partial charge in [0.1, 0.15) is 6.10 Å². The molecular weight excluding hydrogens is 240 g/mol. The zero-order valence-corrected chi connectivity index (χ0v) is 11.6. The molecule has 6 nitrogen and oxygen atoms in total. The van der Waals surface area contributed by atoms with Crippen LogP contribution < -0.4 is 0 Å². The van der Waals surface area contributed by atoms with Crippen molar-refractivity contribution < 1.29 is 28.9 Å². The van der Waals surface area contributed by atoms with Crippen molar-refractivity contribution in [2.45, 2.75) is 53.1 Å². The molecule has 18 heavy (non-hydrogen) atoms. The van der Waals surface area contributed by atoms with Gasteiger partial charge in [0, 0.05) is 0 Å². The first-order valence-corrected chi connectivity index (χ1v) is 6.20. The predicted molar refractivity (Wildman–Crippen MR) is 66.7 cm³/mol. The fourth-order valence-electron chi connectivity index (χ4n) is 0.943. The van der Waals surface area contributed by atoms with E-state index in [1.807, 2.05) is 20.8 Å². The summed E-state index contributed by atoms with van der Waals surface area (Å²) in [6.45, 7) is 8.29. The van der Waals surface area contributed by atoms with E-state index in [1.165, 1.54) is 0 Å². The number of carboxylic acid groups (broad SMARTS) is 1. The van der Waals surface area contributed by atoms with Crippen molar-refractivity contribution >= 4 is 12.3 Å². The third-order valence-corrected chi connectivity index (χ3v) is 1.86. The van der Waals surface area contributed by atoms with E-state index in [2.05, 4.69) is 14.2 Å². The number of rotatable bonds is 6. The third kappa shape index (κ3) is 14.5. The van der Waals surface area contributed by atoms with E-state index in [1.54, 1.807) is 6.92 Å². The van der Waals surface area contributed by atoms with Gasteiger partial charge in [0.2, 0.25) is 0 Å². The topological polar surface area (TPSA) is 82.1 Å². The lowest BCUT2D eigenvalue weighted by atomic mass is 10.2. The first-order valence-electron chi connectivity index (χ1n) is 6.20. The Kier molecular flexibility index (Phi) is 14.3. The van der Waals surface area contributed by atoms with Crippen molar-refractivity contribution in [1.82, 2.24) is 0 Å². The number of carbonyl (C=O) groups is 2. The Hall–Kier alpha value is -1.46. The fraction of sp³-hybridized carbons (Fsp3) is 0.833. The van der Waals surface area contributed by atoms with E-state index in [0.717, 1.165) is 19.3 Å². The second-order valence-corrected chi connectivity index (χ2v) is 3.35. The zero-order valence-electron chi connectivity index (χ0n) is 11.6. The fourth-order valence-corrected chi connectivity index (χ4v) is 0.943. The Morgan fingerprint density at radius 3 is 1.89 bits per heavy atom. The highest BCUT2D eigenvalue weighted by Crippen LogP contribution is 2.01. The third-order valence-electron chi connectivity index (χ3n) is 1.86. The Balaban J connectivity index is 0. The predicted octanol–water partition coefficient (Wildman–Crippen LogP) is 3.44. The Labute approximate surface area is 108 Å². The molecule has 6 heteroatoms. The molecule has 0 saturated carbocycles. The van der Waals surface area contributed by atoms with Gasteiger partial charge in [-0.25, -0.2) is 9.59 Å². The van der Waals surface area contributed by atoms with Gasteiger partial charge < -0.3 is 19.3 Å². The van der Waals surface area contributed by atoms with E-state index in [0.29, 0.717) is 13.2 Å². The summed E-state index contributed by atoms with van der Waals surface area (Å²) >= 11 is 0. The molecule has 0 aromatic rings. The van der Waals surface area contributed by atoms with Gasteiger partial charge in [0.25, 0.3) is 0 Å². The van der Waals surface area contributed by atoms with Crippen LogP contribution in [0.15, 0.2) is 0 Å². The van der Waals surface area contributed by atoms with E-state index < -0.39 is 12.3 Å². The number of hydrogen-bond acceptors (Lipinski definition) is 5. The minimum absolute atomic E-state index is 0.123. The highest BCUT2D eigenvalue weighted by atomic mass is 16.7. The number of carbonyl (C=O) groups excluding carboxylic acids is 1. The van der Waals surface area contributed by atoms with Gasteiger partial charge in [-0.05, 0) is 26.2 Å². The molecule has 0 fully saturated rings. The smallest absolute Gasteiger partial charge is 0.450 e. The minimum atomic E-state index is -1.18. The molecule has 0 rings (SSSR count). The summed E-state index contributed by atoms with van der Waals surface area (Å²) < 4.78 is 13.5. The molecule has 0 aromatic heterocycles. The van der Waals surface area contributed by atoms with E-state index in [9.17, 15) is 9.59 Å². The minimum Gasteiger partial charge on any atom is -0.450 e. The van der Waals surface area contributed by atoms with Crippen molar-refractivity contribution in [1.29, 1.82) is 0 Å². The molecule has 0 heterocycles. The van der Waals surface area contributed by atoms with Crippen LogP contribution in [0.2, 0.25) is 0 Å². The van der Waals surface area contributed by atoms with E-state index in [4.69, 9.17) is 5.11 Å². The largest absolute Gasteiger partial charge is 0.508 e. The van der Waals surface area contributed by atoms with Gasteiger partial charge >= 0.3 is 12.3 Å². The summed E-state index contributed by atoms with van der Waals surface area (Å²) in [5, 5.41) is 8.12. The van der Waals surface area contributed by atoms with Gasteiger partial charge in [-0.1, -0.05) is 20.8 Å². The Morgan fingerprint density at radius 2 is 1.61 bits per heavy atom. The molecule has 108 valence electrons. The van der Waals surface area contributed by atoms with Gasteiger partial charge in [-0.2, -0.15) is 0 Å². The van der Waals surface area contributed by atoms with Gasteiger partial charge in [-0.15, -0.1) is 0 Å². The van der Waals surface area contributed by atoms with Crippen molar-refractivity contribution in [2.24, 2.45) is 0 Å². The molecule has 0 atom stereocenters. The summed E-state index contributed by atoms with van der Waals surface area (Å²) in [6, 6.07) is 0. The molecule has 0 unspecified atom stereocenters. The Morgan fingerprint density at radius 1 is 1.06 bits per heavy atom. The van der Waals surface area contributed by atoms with Crippen LogP contribution in [0, 0.1) is 0 Å². The highest BCUT2D eigenvalue weighted by molar-refractivity contribution is 5.59. The van der Waals surface area contributed by atoms with E-state index >= 15 is 0 Å². The van der Waals surface area contributed by atoms with Crippen LogP contribution in [-0.4, -0.2) is 36.7 Å². The summed E-state index contributed by atoms with van der Waals surface area (Å²) in [7, 11) is 0. The van der Waals surface area contributed by atoms with Gasteiger partial charge in [-0.3, -0.25) is 0 Å². The molecule has 0 aromatic carbocycles. The van der Waals surface area contributed by atoms with Crippen molar-refractivity contribution in [3.63, 3.8) is 0 Å². The first kappa shape index (κ1) is 18.9. The Bertz CT molecular complexity index is 213. The molecule has 0 aliphatic heterocycles. The number of hydrogen-bond donors (Lipinski definition) is 1. The summed E-state index contributed by atoms with van der Waals surface area (Å²) in [6.07, 6.45) is 0.468. The standard InChI is InChI=1S/2C6H12O3/c1-3-5-9-6(7)8-4-2;1-3-5(4-2)9-6(7)8/h3-5H2,1-2H3;5H,3-4H2,1-2H3,(H,7,8). The van der Waals surface area contributed by atoms with Crippen molar-refractivity contribution in [3.8, 4) is 0 Å². The van der Waals surface area contributed by atoms with Gasteiger partial charge in [0.05, 0.1) is 13.2 Å². The monoisotopic (exact) mass is 264 g/mol. The average Bonchev–Trinajstić information content (AvgIpc) is 2.34. The van der Waals surface area contributed by atoms with Crippen molar-refractivity contribution in [2.75, 3.05) is 13.2 Å². The lowest BCUT2D eigenvalue weighted by molar-refractivity contribution is 0.0485. The second-order valence-electron chi connectivity index (χ2n) is 3.35. The second kappa shape index (κ2) is 13.6.